The van der Waals surface area contributed by atoms with Gasteiger partial charge in [-0.1, -0.05) is 13.8 Å². The van der Waals surface area contributed by atoms with Gasteiger partial charge in [0.15, 0.2) is 6.29 Å². The summed E-state index contributed by atoms with van der Waals surface area (Å²) in [6.07, 6.45) is -0.803. The van der Waals surface area contributed by atoms with Gasteiger partial charge in [-0.2, -0.15) is 0 Å². The number of carbonyl (C=O) groups is 2. The third kappa shape index (κ3) is 4.04. The summed E-state index contributed by atoms with van der Waals surface area (Å²) in [5, 5.41) is 3.13. The highest BCUT2D eigenvalue weighted by Crippen LogP contribution is 2.44. The second-order valence-corrected chi connectivity index (χ2v) is 7.04. The van der Waals surface area contributed by atoms with Gasteiger partial charge in [0.05, 0.1) is 36.4 Å². The lowest BCUT2D eigenvalue weighted by molar-refractivity contribution is -0.148. The van der Waals surface area contributed by atoms with Crippen LogP contribution in [0.4, 0.5) is 0 Å². The van der Waals surface area contributed by atoms with Crippen LogP contribution in [-0.2, 0) is 28.5 Å². The van der Waals surface area contributed by atoms with E-state index in [0.717, 1.165) is 0 Å². The highest BCUT2D eigenvalue weighted by atomic mass is 16.7. The van der Waals surface area contributed by atoms with Crippen LogP contribution in [0.1, 0.15) is 41.5 Å². The van der Waals surface area contributed by atoms with Crippen molar-refractivity contribution in [1.82, 2.24) is 5.32 Å². The van der Waals surface area contributed by atoms with Gasteiger partial charge >= 0.3 is 11.9 Å². The summed E-state index contributed by atoms with van der Waals surface area (Å²) in [7, 11) is 1.60. The van der Waals surface area contributed by atoms with E-state index in [1.165, 1.54) is 0 Å². The third-order valence-electron chi connectivity index (χ3n) is 5.42. The molecular formula is C20H31NO6. The fourth-order valence-electron chi connectivity index (χ4n) is 3.94. The molecule has 27 heavy (non-hydrogen) atoms. The second-order valence-electron chi connectivity index (χ2n) is 7.04. The van der Waals surface area contributed by atoms with Crippen molar-refractivity contribution < 1.29 is 28.5 Å². The molecular weight excluding hydrogens is 350 g/mol. The Labute approximate surface area is 161 Å². The number of ether oxygens (including phenoxy) is 4. The monoisotopic (exact) mass is 381 g/mol. The van der Waals surface area contributed by atoms with Crippen molar-refractivity contribution in [1.29, 1.82) is 0 Å². The van der Waals surface area contributed by atoms with E-state index in [-0.39, 0.29) is 25.0 Å². The van der Waals surface area contributed by atoms with Gasteiger partial charge < -0.3 is 24.3 Å². The van der Waals surface area contributed by atoms with Gasteiger partial charge in [-0.25, -0.2) is 9.59 Å². The van der Waals surface area contributed by atoms with Crippen LogP contribution in [0.3, 0.4) is 0 Å². The average molecular weight is 381 g/mol. The van der Waals surface area contributed by atoms with Crippen LogP contribution in [0, 0.1) is 17.8 Å². The Morgan fingerprint density at radius 3 is 1.81 bits per heavy atom. The van der Waals surface area contributed by atoms with Crippen LogP contribution in [0.5, 0.6) is 0 Å². The summed E-state index contributed by atoms with van der Waals surface area (Å²) in [5.74, 6) is -1.31. The Balaban J connectivity index is 2.55. The molecule has 0 aromatic carbocycles. The number of esters is 2. The molecule has 2 aliphatic heterocycles. The molecule has 152 valence electrons. The largest absolute Gasteiger partial charge is 0.463 e. The van der Waals surface area contributed by atoms with Crippen molar-refractivity contribution in [2.75, 3.05) is 20.3 Å². The third-order valence-corrected chi connectivity index (χ3v) is 5.42. The zero-order chi connectivity index (χ0) is 20.3. The molecule has 7 nitrogen and oxygen atoms in total. The number of nitrogens with one attached hydrogen (secondary N) is 1. The van der Waals surface area contributed by atoms with E-state index < -0.39 is 30.3 Å². The first-order valence-electron chi connectivity index (χ1n) is 9.49. The summed E-state index contributed by atoms with van der Waals surface area (Å²) in [6, 6.07) is 0. The lowest BCUT2D eigenvalue weighted by Gasteiger charge is -2.34. The minimum Gasteiger partial charge on any atom is -0.463 e. The molecule has 0 aromatic rings. The van der Waals surface area contributed by atoms with Crippen molar-refractivity contribution in [2.45, 2.75) is 53.9 Å². The maximum atomic E-state index is 12.8. The van der Waals surface area contributed by atoms with E-state index in [1.807, 2.05) is 27.7 Å². The van der Waals surface area contributed by atoms with E-state index in [2.05, 4.69) is 5.32 Å². The number of rotatable bonds is 6. The zero-order valence-corrected chi connectivity index (χ0v) is 17.3. The minimum atomic E-state index is -0.582. The van der Waals surface area contributed by atoms with Crippen LogP contribution in [0.25, 0.3) is 0 Å². The van der Waals surface area contributed by atoms with E-state index in [9.17, 15) is 9.59 Å². The van der Waals surface area contributed by atoms with Crippen LogP contribution in [0.2, 0.25) is 0 Å². The summed E-state index contributed by atoms with van der Waals surface area (Å²) < 4.78 is 22.2. The average Bonchev–Trinajstić information content (AvgIpc) is 2.89. The molecule has 0 saturated carbocycles. The number of allylic oxidation sites excluding steroid dienone is 2. The predicted octanol–water partition coefficient (Wildman–Crippen LogP) is 2.52. The molecule has 2 rings (SSSR count). The van der Waals surface area contributed by atoms with Gasteiger partial charge in [-0.05, 0) is 33.6 Å². The molecule has 0 amide bonds. The summed E-state index contributed by atoms with van der Waals surface area (Å²) in [4.78, 5) is 25.5. The highest BCUT2D eigenvalue weighted by molar-refractivity contribution is 5.98. The lowest BCUT2D eigenvalue weighted by atomic mass is 9.76. The van der Waals surface area contributed by atoms with Crippen LogP contribution in [-0.4, -0.2) is 44.7 Å². The van der Waals surface area contributed by atoms with Crippen molar-refractivity contribution in [3.63, 3.8) is 0 Å². The molecule has 0 aliphatic carbocycles. The molecule has 0 aromatic heterocycles. The zero-order valence-electron chi connectivity index (χ0n) is 17.3. The van der Waals surface area contributed by atoms with E-state index >= 15 is 0 Å². The molecule has 1 saturated heterocycles. The highest BCUT2D eigenvalue weighted by Gasteiger charge is 2.50. The van der Waals surface area contributed by atoms with Crippen LogP contribution < -0.4 is 5.32 Å². The smallest absolute Gasteiger partial charge is 0.336 e. The van der Waals surface area contributed by atoms with Crippen molar-refractivity contribution in [2.24, 2.45) is 17.8 Å². The summed E-state index contributed by atoms with van der Waals surface area (Å²) in [6.45, 7) is 11.7. The SMILES string of the molecule is CCOC(=O)C1=C(C)NC(C)=C(C(=O)OCC)C1[C@H]1O[C@H](OC)[C@@H](C)[C@H]1C. The topological polar surface area (TPSA) is 83.1 Å². The Morgan fingerprint density at radius 1 is 0.963 bits per heavy atom. The molecule has 7 heteroatoms. The Morgan fingerprint density at radius 2 is 1.44 bits per heavy atom. The normalized spacial score (nSPS) is 29.0. The number of hydrogen-bond acceptors (Lipinski definition) is 7. The predicted molar refractivity (Wildman–Crippen MR) is 99.3 cm³/mol. The van der Waals surface area contributed by atoms with Crippen molar-refractivity contribution in [3.05, 3.63) is 22.5 Å². The number of methoxy groups -OCH3 is 1. The molecule has 0 spiro atoms. The molecule has 0 radical (unpaired) electrons. The second kappa shape index (κ2) is 8.89. The van der Waals surface area contributed by atoms with Crippen molar-refractivity contribution in [3.8, 4) is 0 Å². The lowest BCUT2D eigenvalue weighted by Crippen LogP contribution is -2.41. The van der Waals surface area contributed by atoms with Gasteiger partial charge in [0.25, 0.3) is 0 Å². The molecule has 2 aliphatic rings. The summed E-state index contributed by atoms with van der Waals surface area (Å²) in [5.41, 5.74) is 2.14. The molecule has 1 N–H and O–H groups in total. The number of dihydropyridines is 1. The molecule has 0 unspecified atom stereocenters. The molecule has 2 heterocycles. The van der Waals surface area contributed by atoms with Gasteiger partial charge in [0.1, 0.15) is 0 Å². The maximum Gasteiger partial charge on any atom is 0.336 e. The number of hydrogen-bond donors (Lipinski definition) is 1. The van der Waals surface area contributed by atoms with Crippen LogP contribution in [0.15, 0.2) is 22.5 Å². The van der Waals surface area contributed by atoms with E-state index in [1.54, 1.807) is 21.0 Å². The standard InChI is InChI=1S/C20H31NO6/c1-8-25-18(22)14-12(5)21-13(6)15(19(23)26-9-2)16(14)17-10(3)11(4)20(24-7)27-17/h10-11,16-17,20-21H,8-9H2,1-7H3/t10-,11+,17+,20+/m1/s1. The fourth-order valence-corrected chi connectivity index (χ4v) is 3.94. The summed E-state index contributed by atoms with van der Waals surface area (Å²) >= 11 is 0. The molecule has 4 atom stereocenters. The van der Waals surface area contributed by atoms with Gasteiger partial charge in [-0.3, -0.25) is 0 Å². The maximum absolute atomic E-state index is 12.8. The molecule has 1 fully saturated rings. The van der Waals surface area contributed by atoms with Crippen molar-refractivity contribution >= 4 is 11.9 Å². The fraction of sp³-hybridized carbons (Fsp3) is 0.700. The first-order valence-corrected chi connectivity index (χ1v) is 9.49. The number of carbonyl (C=O) groups excluding carboxylic acids is 2. The van der Waals surface area contributed by atoms with Gasteiger partial charge in [0.2, 0.25) is 0 Å². The van der Waals surface area contributed by atoms with Gasteiger partial charge in [0, 0.05) is 24.4 Å². The Hall–Kier alpha value is -1.86. The Kier molecular flexibility index (Phi) is 7.06. The quantitative estimate of drug-likeness (QED) is 0.708. The first kappa shape index (κ1) is 21.4. The minimum absolute atomic E-state index is 0.0625. The van der Waals surface area contributed by atoms with Gasteiger partial charge in [-0.15, -0.1) is 0 Å². The van der Waals surface area contributed by atoms with E-state index in [0.29, 0.717) is 22.5 Å². The van der Waals surface area contributed by atoms with Crippen LogP contribution >= 0.6 is 0 Å². The first-order chi connectivity index (χ1) is 12.8. The Bertz CT molecular complexity index is 613. The van der Waals surface area contributed by atoms with E-state index in [4.69, 9.17) is 18.9 Å². The molecule has 0 bridgehead atoms.